The van der Waals surface area contributed by atoms with Gasteiger partial charge < -0.3 is 15.4 Å². The topological polar surface area (TPSA) is 116 Å². The Morgan fingerprint density at radius 3 is 2.60 bits per heavy atom. The molecule has 0 saturated heterocycles. The number of carbonyl (C=O) groups is 2. The predicted octanol–water partition coefficient (Wildman–Crippen LogP) is 1.72. The molecule has 1 aromatic rings. The fraction of sp³-hybridized carbons (Fsp3) is 0.294. The number of aromatic carboxylic acids is 1. The number of nitrogens with one attached hydrogen (secondary N) is 2. The second-order valence-corrected chi connectivity index (χ2v) is 8.17. The number of aryl methyl sites for hydroxylation is 1. The lowest BCUT2D eigenvalue weighted by atomic mass is 10.1. The summed E-state index contributed by atoms with van der Waals surface area (Å²) in [7, 11) is -3.31. The Bertz CT molecular complexity index is 904. The largest absolute Gasteiger partial charge is 0.478 e. The number of aromatic nitrogens is 1. The lowest BCUT2D eigenvalue weighted by Gasteiger charge is -2.06. The summed E-state index contributed by atoms with van der Waals surface area (Å²) in [5, 5.41) is 11.1. The van der Waals surface area contributed by atoms with Gasteiger partial charge in [0.25, 0.3) is 5.91 Å². The van der Waals surface area contributed by atoms with E-state index in [1.165, 1.54) is 24.4 Å². The molecule has 3 N–H and O–H groups in total. The first-order chi connectivity index (χ1) is 11.6. The van der Waals surface area contributed by atoms with E-state index in [9.17, 15) is 23.1 Å². The molecule has 0 aromatic carbocycles. The van der Waals surface area contributed by atoms with Crippen molar-refractivity contribution in [3.05, 3.63) is 52.5 Å². The van der Waals surface area contributed by atoms with Crippen LogP contribution in [0.5, 0.6) is 0 Å². The minimum absolute atomic E-state index is 0.160. The van der Waals surface area contributed by atoms with Crippen molar-refractivity contribution in [3.63, 3.8) is 0 Å². The molecule has 1 aromatic heterocycles. The van der Waals surface area contributed by atoms with Gasteiger partial charge >= 0.3 is 5.97 Å². The zero-order chi connectivity index (χ0) is 18.8. The minimum atomic E-state index is -3.31. The van der Waals surface area contributed by atoms with Gasteiger partial charge in [0.05, 0.1) is 10.8 Å². The summed E-state index contributed by atoms with van der Waals surface area (Å²) >= 11 is 0. The highest BCUT2D eigenvalue weighted by atomic mass is 32.2. The number of carboxylic acids is 1. The van der Waals surface area contributed by atoms with Crippen LogP contribution in [-0.4, -0.2) is 41.9 Å². The molecule has 134 valence electrons. The Morgan fingerprint density at radius 1 is 1.36 bits per heavy atom. The van der Waals surface area contributed by atoms with Crippen molar-refractivity contribution in [3.8, 4) is 0 Å². The number of carboxylic acid groups (broad SMARTS) is 1. The van der Waals surface area contributed by atoms with Crippen molar-refractivity contribution in [2.24, 2.45) is 0 Å². The Labute approximate surface area is 146 Å². The second-order valence-electron chi connectivity index (χ2n) is 5.91. The van der Waals surface area contributed by atoms with Crippen LogP contribution in [0.2, 0.25) is 0 Å². The van der Waals surface area contributed by atoms with Gasteiger partial charge in [0.1, 0.15) is 0 Å². The molecule has 7 nitrogen and oxygen atoms in total. The smallest absolute Gasteiger partial charge is 0.337 e. The maximum atomic E-state index is 12.3. The van der Waals surface area contributed by atoms with Crippen molar-refractivity contribution >= 4 is 27.8 Å². The molecule has 0 radical (unpaired) electrons. The molecule has 0 spiro atoms. The molecule has 2 rings (SSSR count). The van der Waals surface area contributed by atoms with E-state index in [4.69, 9.17) is 0 Å². The van der Waals surface area contributed by atoms with Crippen LogP contribution in [0.1, 0.15) is 33.7 Å². The van der Waals surface area contributed by atoms with Crippen LogP contribution in [0.4, 0.5) is 0 Å². The number of hydrogen-bond donors (Lipinski definition) is 3. The van der Waals surface area contributed by atoms with Gasteiger partial charge in [0.2, 0.25) is 0 Å². The van der Waals surface area contributed by atoms with Gasteiger partial charge in [0, 0.05) is 29.4 Å². The molecule has 25 heavy (non-hydrogen) atoms. The summed E-state index contributed by atoms with van der Waals surface area (Å²) in [5.74, 6) is -1.46. The average Bonchev–Trinajstić information content (AvgIpc) is 2.80. The number of carbonyl (C=O) groups excluding carboxylic acids is 1. The summed E-state index contributed by atoms with van der Waals surface area (Å²) in [6.45, 7) is 3.29. The summed E-state index contributed by atoms with van der Waals surface area (Å²) in [6.07, 6.45) is 8.83. The number of H-pyrrole nitrogens is 1. The molecular formula is C17H20N2O5S. The van der Waals surface area contributed by atoms with E-state index in [1.807, 2.05) is 0 Å². The minimum Gasteiger partial charge on any atom is -0.478 e. The number of allylic oxidation sites excluding steroid dienone is 1. The summed E-state index contributed by atoms with van der Waals surface area (Å²) in [6, 6.07) is 0. The number of hydrogen-bond acceptors (Lipinski definition) is 4. The lowest BCUT2D eigenvalue weighted by Crippen LogP contribution is -2.18. The van der Waals surface area contributed by atoms with Gasteiger partial charge in [-0.3, -0.25) is 4.79 Å². The van der Waals surface area contributed by atoms with Crippen molar-refractivity contribution in [1.82, 2.24) is 10.3 Å². The lowest BCUT2D eigenvalue weighted by molar-refractivity contribution is -0.116. The second kappa shape index (κ2) is 7.10. The van der Waals surface area contributed by atoms with E-state index < -0.39 is 27.0 Å². The van der Waals surface area contributed by atoms with Crippen molar-refractivity contribution < 1.29 is 23.1 Å². The van der Waals surface area contributed by atoms with E-state index >= 15 is 0 Å². The summed E-state index contributed by atoms with van der Waals surface area (Å²) < 4.78 is 23.6. The molecule has 0 bridgehead atoms. The number of amides is 1. The highest BCUT2D eigenvalue weighted by Gasteiger charge is 2.20. The van der Waals surface area contributed by atoms with Crippen LogP contribution in [0.25, 0.3) is 6.08 Å². The summed E-state index contributed by atoms with van der Waals surface area (Å²) in [5.41, 5.74) is 1.87. The standard InChI is InChI=1S/C17H20N2O5S/c1-10-14(19-11(2)15(10)17(21)22)9-12-6-7-13(25(3,23)24)5-4-8-18-16(12)20/h4,6-9,13,19H,5H2,1-3H3,(H,18,20)(H,21,22)/b7-6+,8-4+,12-9-. The number of sulfone groups is 1. The summed E-state index contributed by atoms with van der Waals surface area (Å²) in [4.78, 5) is 26.5. The highest BCUT2D eigenvalue weighted by molar-refractivity contribution is 7.91. The number of aromatic amines is 1. The van der Waals surface area contributed by atoms with Crippen LogP contribution in [-0.2, 0) is 14.6 Å². The van der Waals surface area contributed by atoms with Crippen LogP contribution in [0, 0.1) is 13.8 Å². The maximum Gasteiger partial charge on any atom is 0.337 e. The fourth-order valence-electron chi connectivity index (χ4n) is 2.61. The van der Waals surface area contributed by atoms with Gasteiger partial charge in [0.15, 0.2) is 9.84 Å². The molecular weight excluding hydrogens is 344 g/mol. The van der Waals surface area contributed by atoms with Crippen molar-refractivity contribution in [2.75, 3.05) is 6.26 Å². The molecule has 1 atom stereocenters. The third-order valence-electron chi connectivity index (χ3n) is 3.99. The molecule has 0 fully saturated rings. The van der Waals surface area contributed by atoms with Crippen LogP contribution < -0.4 is 5.32 Å². The van der Waals surface area contributed by atoms with Crippen molar-refractivity contribution in [1.29, 1.82) is 0 Å². The zero-order valence-electron chi connectivity index (χ0n) is 14.2. The van der Waals surface area contributed by atoms with Crippen LogP contribution in [0.15, 0.2) is 30.0 Å². The van der Waals surface area contributed by atoms with Crippen LogP contribution in [0.3, 0.4) is 0 Å². The maximum absolute atomic E-state index is 12.3. The van der Waals surface area contributed by atoms with Crippen molar-refractivity contribution in [2.45, 2.75) is 25.5 Å². The van der Waals surface area contributed by atoms with E-state index in [0.29, 0.717) is 17.0 Å². The zero-order valence-corrected chi connectivity index (χ0v) is 15.0. The molecule has 0 aliphatic carbocycles. The van der Waals surface area contributed by atoms with Crippen LogP contribution >= 0.6 is 0 Å². The molecule has 0 saturated carbocycles. The van der Waals surface area contributed by atoms with Gasteiger partial charge in [-0.2, -0.15) is 0 Å². The monoisotopic (exact) mass is 364 g/mol. The van der Waals surface area contributed by atoms with E-state index in [-0.39, 0.29) is 17.6 Å². The molecule has 1 unspecified atom stereocenters. The SMILES string of the molecule is Cc1[nH]c(/C=C2/C=C/C(S(C)(=O)=O)C/C=C/NC2=O)c(C)c1C(=O)O. The van der Waals surface area contributed by atoms with Gasteiger partial charge in [-0.25, -0.2) is 13.2 Å². The molecule has 1 aliphatic rings. The third kappa shape index (κ3) is 4.27. The predicted molar refractivity (Wildman–Crippen MR) is 94.9 cm³/mol. The van der Waals surface area contributed by atoms with Gasteiger partial charge in [-0.15, -0.1) is 0 Å². The van der Waals surface area contributed by atoms with Gasteiger partial charge in [-0.1, -0.05) is 18.2 Å². The Balaban J connectivity index is 2.51. The van der Waals surface area contributed by atoms with E-state index in [0.717, 1.165) is 6.26 Å². The normalized spacial score (nSPS) is 22.6. The average molecular weight is 364 g/mol. The fourth-order valence-corrected chi connectivity index (χ4v) is 3.44. The Kier molecular flexibility index (Phi) is 5.32. The third-order valence-corrected chi connectivity index (χ3v) is 5.44. The van der Waals surface area contributed by atoms with Gasteiger partial charge in [-0.05, 0) is 31.9 Å². The molecule has 8 heteroatoms. The highest BCUT2D eigenvalue weighted by Crippen LogP contribution is 2.21. The first-order valence-electron chi connectivity index (χ1n) is 7.58. The molecule has 2 heterocycles. The number of rotatable bonds is 3. The Morgan fingerprint density at radius 2 is 2.04 bits per heavy atom. The first kappa shape index (κ1) is 18.7. The van der Waals surface area contributed by atoms with E-state index in [1.54, 1.807) is 19.9 Å². The first-order valence-corrected chi connectivity index (χ1v) is 9.53. The Hall–Kier alpha value is -2.61. The van der Waals surface area contributed by atoms with E-state index in [2.05, 4.69) is 10.3 Å². The molecule has 1 amide bonds. The quantitative estimate of drug-likeness (QED) is 0.706. The molecule has 1 aliphatic heterocycles.